The van der Waals surface area contributed by atoms with Crippen LogP contribution in [0.5, 0.6) is 0 Å². The molecule has 0 radical (unpaired) electrons. The van der Waals surface area contributed by atoms with Crippen molar-refractivity contribution in [2.24, 2.45) is 5.92 Å². The fourth-order valence-electron chi connectivity index (χ4n) is 5.77. The van der Waals surface area contributed by atoms with Crippen molar-refractivity contribution in [1.82, 2.24) is 15.0 Å². The predicted molar refractivity (Wildman–Crippen MR) is 138 cm³/mol. The van der Waals surface area contributed by atoms with E-state index in [1.807, 2.05) is 6.07 Å². The summed E-state index contributed by atoms with van der Waals surface area (Å²) < 4.78 is 23.1. The number of halogens is 3. The Balaban J connectivity index is 1.15. The molecule has 10 heteroatoms. The summed E-state index contributed by atoms with van der Waals surface area (Å²) >= 11 is 12.9. The zero-order chi connectivity index (χ0) is 25.7. The Bertz CT molecular complexity index is 1320. The van der Waals surface area contributed by atoms with Gasteiger partial charge in [0.2, 0.25) is 0 Å². The minimum absolute atomic E-state index is 0.00815. The second-order valence-corrected chi connectivity index (χ2v) is 11.1. The Morgan fingerprint density at radius 1 is 1.16 bits per heavy atom. The highest BCUT2D eigenvalue weighted by atomic mass is 35.5. The van der Waals surface area contributed by atoms with Crippen LogP contribution in [0, 0.1) is 11.7 Å². The van der Waals surface area contributed by atoms with Crippen molar-refractivity contribution in [3.63, 3.8) is 0 Å². The number of carboxylic acids is 1. The minimum Gasteiger partial charge on any atom is -0.481 e. The number of ether oxygens (including phenoxy) is 1. The molecule has 3 aliphatic rings. The van der Waals surface area contributed by atoms with Crippen molar-refractivity contribution in [3.05, 3.63) is 69.2 Å². The molecule has 1 aromatic heterocycles. The van der Waals surface area contributed by atoms with Gasteiger partial charge in [0, 0.05) is 30.8 Å². The van der Waals surface area contributed by atoms with Crippen molar-refractivity contribution >= 4 is 34.9 Å². The van der Waals surface area contributed by atoms with Crippen molar-refractivity contribution in [2.75, 3.05) is 11.4 Å². The summed E-state index contributed by atoms with van der Waals surface area (Å²) in [5, 5.41) is 18.7. The third-order valence-corrected chi connectivity index (χ3v) is 8.38. The van der Waals surface area contributed by atoms with Gasteiger partial charge >= 0.3 is 5.97 Å². The van der Waals surface area contributed by atoms with E-state index in [-0.39, 0.29) is 24.4 Å². The van der Waals surface area contributed by atoms with Gasteiger partial charge in [0.05, 0.1) is 39.8 Å². The van der Waals surface area contributed by atoms with Crippen LogP contribution in [0.4, 0.5) is 10.1 Å². The average Bonchev–Trinajstić information content (AvgIpc) is 3.32. The normalized spacial score (nSPS) is 22.7. The molecule has 3 aromatic rings. The predicted octanol–water partition coefficient (Wildman–Crippen LogP) is 5.79. The summed E-state index contributed by atoms with van der Waals surface area (Å²) in [6.07, 6.45) is 4.33. The summed E-state index contributed by atoms with van der Waals surface area (Å²) in [5.41, 5.74) is 3.73. The molecule has 2 aromatic carbocycles. The first-order valence-corrected chi connectivity index (χ1v) is 13.4. The van der Waals surface area contributed by atoms with E-state index in [2.05, 4.69) is 15.2 Å². The van der Waals surface area contributed by atoms with Crippen molar-refractivity contribution in [3.8, 4) is 5.69 Å². The molecule has 0 spiro atoms. The number of aromatic nitrogens is 3. The third kappa shape index (κ3) is 4.82. The van der Waals surface area contributed by atoms with Gasteiger partial charge in [0.1, 0.15) is 11.5 Å². The van der Waals surface area contributed by atoms with Crippen LogP contribution >= 0.6 is 23.2 Å². The van der Waals surface area contributed by atoms with E-state index in [0.29, 0.717) is 51.8 Å². The Kier molecular flexibility index (Phi) is 6.59. The van der Waals surface area contributed by atoms with Crippen LogP contribution in [0.2, 0.25) is 10.0 Å². The number of aryl methyl sites for hydroxylation is 1. The molecule has 2 aliphatic carbocycles. The molecule has 6 rings (SSSR count). The second kappa shape index (κ2) is 9.89. The lowest BCUT2D eigenvalue weighted by Gasteiger charge is -2.33. The van der Waals surface area contributed by atoms with E-state index in [1.54, 1.807) is 28.9 Å². The highest BCUT2D eigenvalue weighted by Crippen LogP contribution is 2.45. The molecular formula is C27H27Cl2FN4O3. The van der Waals surface area contributed by atoms with E-state index < -0.39 is 5.97 Å². The topological polar surface area (TPSA) is 80.5 Å². The van der Waals surface area contributed by atoms with E-state index >= 15 is 0 Å². The molecule has 7 nitrogen and oxygen atoms in total. The highest BCUT2D eigenvalue weighted by molar-refractivity contribution is 6.37. The maximum absolute atomic E-state index is 14.9. The standard InChI is InChI=1S/C27H27Cl2FN4O3/c28-19-2-1-3-20(29)27(19)34-23(26(31-32-34)16-6-7-16)14-37-24-12-18-11-17(24)13-33(18)22-8-4-15(10-21(22)30)5-9-25(35)36/h1-4,8,10,16-18,24H,5-7,9,11-14H2,(H,35,36)/t17-,18-,24+/m0/s1. The van der Waals surface area contributed by atoms with E-state index in [4.69, 9.17) is 33.0 Å². The number of aliphatic carboxylic acids is 1. The quantitative estimate of drug-likeness (QED) is 0.367. The van der Waals surface area contributed by atoms with Crippen LogP contribution < -0.4 is 4.90 Å². The zero-order valence-corrected chi connectivity index (χ0v) is 21.6. The molecule has 37 heavy (non-hydrogen) atoms. The largest absolute Gasteiger partial charge is 0.481 e. The van der Waals surface area contributed by atoms with E-state index in [1.165, 1.54) is 6.07 Å². The number of piperidine rings is 1. The van der Waals surface area contributed by atoms with Gasteiger partial charge < -0.3 is 14.7 Å². The van der Waals surface area contributed by atoms with Crippen molar-refractivity contribution in [1.29, 1.82) is 0 Å². The molecule has 2 bridgehead atoms. The van der Waals surface area contributed by atoms with Gasteiger partial charge in [-0.3, -0.25) is 4.79 Å². The maximum Gasteiger partial charge on any atom is 0.303 e. The number of carbonyl (C=O) groups is 1. The number of carboxylic acid groups (broad SMARTS) is 1. The number of benzene rings is 2. The molecule has 1 N–H and O–H groups in total. The molecule has 3 atom stereocenters. The molecule has 0 unspecified atom stereocenters. The van der Waals surface area contributed by atoms with Crippen LogP contribution in [-0.4, -0.2) is 44.8 Å². The van der Waals surface area contributed by atoms with Gasteiger partial charge in [0.15, 0.2) is 0 Å². The summed E-state index contributed by atoms with van der Waals surface area (Å²) in [6, 6.07) is 10.7. The molecule has 194 valence electrons. The number of hydrogen-bond acceptors (Lipinski definition) is 5. The van der Waals surface area contributed by atoms with Gasteiger partial charge in [-0.2, -0.15) is 0 Å². The van der Waals surface area contributed by atoms with Crippen LogP contribution in [-0.2, 0) is 22.6 Å². The number of rotatable bonds is 9. The fourth-order valence-corrected chi connectivity index (χ4v) is 6.33. The maximum atomic E-state index is 14.9. The fraction of sp³-hybridized carbons (Fsp3) is 0.444. The Morgan fingerprint density at radius 2 is 1.95 bits per heavy atom. The van der Waals surface area contributed by atoms with Gasteiger partial charge in [-0.25, -0.2) is 9.07 Å². The molecule has 1 saturated heterocycles. The Hall–Kier alpha value is -2.68. The van der Waals surface area contributed by atoms with Crippen LogP contribution in [0.25, 0.3) is 5.69 Å². The lowest BCUT2D eigenvalue weighted by molar-refractivity contribution is -0.136. The van der Waals surface area contributed by atoms with Gasteiger partial charge in [-0.15, -0.1) is 5.10 Å². The molecular weight excluding hydrogens is 518 g/mol. The minimum atomic E-state index is -0.884. The summed E-state index contributed by atoms with van der Waals surface area (Å²) in [6.45, 7) is 1.09. The number of hydrogen-bond donors (Lipinski definition) is 1. The molecule has 0 amide bonds. The second-order valence-electron chi connectivity index (χ2n) is 10.2. The van der Waals surface area contributed by atoms with Crippen molar-refractivity contribution in [2.45, 2.75) is 63.2 Å². The summed E-state index contributed by atoms with van der Waals surface area (Å²) in [7, 11) is 0. The highest BCUT2D eigenvalue weighted by Gasteiger charge is 2.46. The van der Waals surface area contributed by atoms with E-state index in [9.17, 15) is 9.18 Å². The van der Waals surface area contributed by atoms with Crippen LogP contribution in [0.3, 0.4) is 0 Å². The smallest absolute Gasteiger partial charge is 0.303 e. The number of fused-ring (bicyclic) bond motifs is 2. The number of para-hydroxylation sites is 1. The lowest BCUT2D eigenvalue weighted by Crippen LogP contribution is -2.39. The van der Waals surface area contributed by atoms with Crippen LogP contribution in [0.15, 0.2) is 36.4 Å². The van der Waals surface area contributed by atoms with Gasteiger partial charge in [-0.1, -0.05) is 40.5 Å². The lowest BCUT2D eigenvalue weighted by atomic mass is 10.0. The summed E-state index contributed by atoms with van der Waals surface area (Å²) in [4.78, 5) is 13.0. The Labute approximate surface area is 224 Å². The summed E-state index contributed by atoms with van der Waals surface area (Å²) in [5.74, 6) is -0.488. The van der Waals surface area contributed by atoms with Crippen molar-refractivity contribution < 1.29 is 19.0 Å². The first-order chi connectivity index (χ1) is 17.9. The number of nitrogens with zero attached hydrogens (tertiary/aromatic N) is 4. The first-order valence-electron chi connectivity index (χ1n) is 12.7. The average molecular weight is 545 g/mol. The SMILES string of the molecule is O=C(O)CCc1ccc(N2C[C@@H]3C[C@H]2C[C@H]3OCc2c(C3CC3)nnn2-c2c(Cl)cccc2Cl)c(F)c1. The van der Waals surface area contributed by atoms with Gasteiger partial charge in [-0.05, 0) is 61.9 Å². The third-order valence-electron chi connectivity index (χ3n) is 7.77. The monoisotopic (exact) mass is 544 g/mol. The zero-order valence-electron chi connectivity index (χ0n) is 20.1. The van der Waals surface area contributed by atoms with Crippen LogP contribution in [0.1, 0.15) is 55.0 Å². The van der Waals surface area contributed by atoms with E-state index in [0.717, 1.165) is 43.6 Å². The molecule has 2 saturated carbocycles. The molecule has 2 heterocycles. The molecule has 1 aliphatic heterocycles. The van der Waals surface area contributed by atoms with Gasteiger partial charge in [0.25, 0.3) is 0 Å². The number of anilines is 1. The Morgan fingerprint density at radius 3 is 2.59 bits per heavy atom. The first kappa shape index (κ1) is 24.6. The molecule has 3 fully saturated rings.